The van der Waals surface area contributed by atoms with Gasteiger partial charge in [0.2, 0.25) is 0 Å². The van der Waals surface area contributed by atoms with Gasteiger partial charge in [0, 0.05) is 31.7 Å². The van der Waals surface area contributed by atoms with E-state index in [2.05, 4.69) is 36.5 Å². The molecule has 3 rings (SSSR count). The van der Waals surface area contributed by atoms with Crippen LogP contribution in [0.5, 0.6) is 0 Å². The van der Waals surface area contributed by atoms with Crippen LogP contribution in [0.1, 0.15) is 39.9 Å². The van der Waals surface area contributed by atoms with Crippen molar-refractivity contribution < 1.29 is 14.6 Å². The molecule has 1 aliphatic heterocycles. The number of benzene rings is 2. The van der Waals surface area contributed by atoms with E-state index >= 15 is 0 Å². The number of rotatable bonds is 6. The van der Waals surface area contributed by atoms with Gasteiger partial charge in [-0.05, 0) is 48.6 Å². The predicted octanol–water partition coefficient (Wildman–Crippen LogP) is 3.53. The van der Waals surface area contributed by atoms with E-state index in [1.807, 2.05) is 12.1 Å². The molecule has 2 aromatic carbocycles. The minimum Gasteiger partial charge on any atom is -0.478 e. The van der Waals surface area contributed by atoms with Crippen molar-refractivity contribution in [2.75, 3.05) is 19.8 Å². The van der Waals surface area contributed by atoms with Gasteiger partial charge < -0.3 is 15.2 Å². The molecule has 0 bridgehead atoms. The summed E-state index contributed by atoms with van der Waals surface area (Å²) in [6.45, 7) is 5.39. The van der Waals surface area contributed by atoms with Gasteiger partial charge in [0.1, 0.15) is 0 Å². The molecule has 0 aliphatic carbocycles. The van der Waals surface area contributed by atoms with Crippen LogP contribution in [0.3, 0.4) is 0 Å². The molecule has 132 valence electrons. The second kappa shape index (κ2) is 7.81. The van der Waals surface area contributed by atoms with Crippen molar-refractivity contribution in [1.82, 2.24) is 5.32 Å². The van der Waals surface area contributed by atoms with Gasteiger partial charge >= 0.3 is 5.97 Å². The molecule has 0 spiro atoms. The van der Waals surface area contributed by atoms with E-state index in [1.165, 1.54) is 11.1 Å². The average molecular weight is 339 g/mol. The van der Waals surface area contributed by atoms with Crippen molar-refractivity contribution in [3.63, 3.8) is 0 Å². The minimum absolute atomic E-state index is 0.102. The maximum absolute atomic E-state index is 10.9. The molecule has 0 saturated carbocycles. The highest BCUT2D eigenvalue weighted by Crippen LogP contribution is 2.36. The van der Waals surface area contributed by atoms with E-state index in [0.717, 1.165) is 44.7 Å². The molecule has 1 fully saturated rings. The zero-order chi connectivity index (χ0) is 17.7. The number of hydrogen-bond donors (Lipinski definition) is 2. The molecule has 4 heteroatoms. The molecule has 0 radical (unpaired) electrons. The Morgan fingerprint density at radius 1 is 1.12 bits per heavy atom. The third-order valence-corrected chi connectivity index (χ3v) is 5.16. The number of carboxylic acid groups (broad SMARTS) is 1. The Balaban J connectivity index is 1.69. The largest absolute Gasteiger partial charge is 0.478 e. The van der Waals surface area contributed by atoms with Gasteiger partial charge in [0.15, 0.2) is 0 Å². The van der Waals surface area contributed by atoms with Gasteiger partial charge in [-0.15, -0.1) is 0 Å². The van der Waals surface area contributed by atoms with Gasteiger partial charge in [-0.25, -0.2) is 4.79 Å². The summed E-state index contributed by atoms with van der Waals surface area (Å²) in [7, 11) is 0. The molecular formula is C21H25NO3. The van der Waals surface area contributed by atoms with Crippen molar-refractivity contribution >= 4 is 5.97 Å². The van der Waals surface area contributed by atoms with Crippen molar-refractivity contribution in [1.29, 1.82) is 0 Å². The predicted molar refractivity (Wildman–Crippen MR) is 98.0 cm³/mol. The van der Waals surface area contributed by atoms with Crippen LogP contribution >= 0.6 is 0 Å². The zero-order valence-corrected chi connectivity index (χ0v) is 14.6. The van der Waals surface area contributed by atoms with Crippen molar-refractivity contribution in [3.05, 3.63) is 70.8 Å². The quantitative estimate of drug-likeness (QED) is 0.845. The monoisotopic (exact) mass is 339 g/mol. The Kier molecular flexibility index (Phi) is 5.51. The highest BCUT2D eigenvalue weighted by molar-refractivity contribution is 5.87. The first kappa shape index (κ1) is 17.6. The molecule has 2 N–H and O–H groups in total. The molecule has 1 heterocycles. The summed E-state index contributed by atoms with van der Waals surface area (Å²) in [5, 5.41) is 12.6. The number of carbonyl (C=O) groups is 1. The number of hydrogen-bond acceptors (Lipinski definition) is 3. The van der Waals surface area contributed by atoms with Crippen LogP contribution in [-0.2, 0) is 16.7 Å². The lowest BCUT2D eigenvalue weighted by Gasteiger charge is -2.39. The number of aryl methyl sites for hydroxylation is 1. The molecule has 1 saturated heterocycles. The summed E-state index contributed by atoms with van der Waals surface area (Å²) >= 11 is 0. The molecule has 0 amide bonds. The Hall–Kier alpha value is -2.17. The lowest BCUT2D eigenvalue weighted by molar-refractivity contribution is 0.0495. The Bertz CT molecular complexity index is 718. The average Bonchev–Trinajstić information content (AvgIpc) is 2.63. The fourth-order valence-corrected chi connectivity index (χ4v) is 3.68. The lowest BCUT2D eigenvalue weighted by Crippen LogP contribution is -2.43. The molecule has 2 aromatic rings. The number of ether oxygens (including phenoxy) is 1. The standard InChI is InChI=1S/C21H25NO3/c1-16-4-2-3-5-19(16)21(10-12-25-13-11-21)15-22-14-17-6-8-18(9-7-17)20(23)24/h2-9,22H,10-15H2,1H3,(H,23,24). The fourth-order valence-electron chi connectivity index (χ4n) is 3.68. The molecule has 25 heavy (non-hydrogen) atoms. The van der Waals surface area contributed by atoms with Gasteiger partial charge in [0.25, 0.3) is 0 Å². The first-order valence-corrected chi connectivity index (χ1v) is 8.78. The first-order chi connectivity index (χ1) is 12.1. The van der Waals surface area contributed by atoms with Crippen molar-refractivity contribution in [2.45, 2.75) is 31.7 Å². The number of carboxylic acids is 1. The highest BCUT2D eigenvalue weighted by Gasteiger charge is 2.35. The van der Waals surface area contributed by atoms with Crippen LogP contribution in [0.2, 0.25) is 0 Å². The van der Waals surface area contributed by atoms with Crippen LogP contribution in [0.4, 0.5) is 0 Å². The topological polar surface area (TPSA) is 58.6 Å². The lowest BCUT2D eigenvalue weighted by atomic mass is 9.72. The van der Waals surface area contributed by atoms with Crippen LogP contribution in [-0.4, -0.2) is 30.8 Å². The van der Waals surface area contributed by atoms with E-state index < -0.39 is 5.97 Å². The minimum atomic E-state index is -0.889. The molecule has 0 aromatic heterocycles. The van der Waals surface area contributed by atoms with Crippen molar-refractivity contribution in [3.8, 4) is 0 Å². The summed E-state index contributed by atoms with van der Waals surface area (Å²) in [5.74, 6) is -0.889. The second-order valence-corrected chi connectivity index (χ2v) is 6.81. The first-order valence-electron chi connectivity index (χ1n) is 8.78. The van der Waals surface area contributed by atoms with Gasteiger partial charge in [-0.3, -0.25) is 0 Å². The van der Waals surface area contributed by atoms with Crippen LogP contribution in [0.25, 0.3) is 0 Å². The Labute approximate surface area is 148 Å². The van der Waals surface area contributed by atoms with Gasteiger partial charge in [0.05, 0.1) is 5.56 Å². The maximum atomic E-state index is 10.9. The van der Waals surface area contributed by atoms with Crippen molar-refractivity contribution in [2.24, 2.45) is 0 Å². The van der Waals surface area contributed by atoms with Crippen LogP contribution < -0.4 is 5.32 Å². The normalized spacial score (nSPS) is 16.5. The summed E-state index contributed by atoms with van der Waals surface area (Å²) in [5.41, 5.74) is 4.26. The van der Waals surface area contributed by atoms with E-state index in [4.69, 9.17) is 9.84 Å². The summed E-state index contributed by atoms with van der Waals surface area (Å²) < 4.78 is 5.60. The summed E-state index contributed by atoms with van der Waals surface area (Å²) in [6.07, 6.45) is 2.03. The third-order valence-electron chi connectivity index (χ3n) is 5.16. The SMILES string of the molecule is Cc1ccccc1C1(CNCc2ccc(C(=O)O)cc2)CCOCC1. The van der Waals surface area contributed by atoms with Gasteiger partial charge in [-0.2, -0.15) is 0 Å². The second-order valence-electron chi connectivity index (χ2n) is 6.81. The Morgan fingerprint density at radius 2 is 1.80 bits per heavy atom. The van der Waals surface area contributed by atoms with Crippen LogP contribution in [0, 0.1) is 6.92 Å². The third kappa shape index (κ3) is 4.09. The van der Waals surface area contributed by atoms with E-state index in [-0.39, 0.29) is 5.41 Å². The van der Waals surface area contributed by atoms with E-state index in [1.54, 1.807) is 12.1 Å². The molecule has 0 unspecified atom stereocenters. The van der Waals surface area contributed by atoms with E-state index in [0.29, 0.717) is 5.56 Å². The summed E-state index contributed by atoms with van der Waals surface area (Å²) in [4.78, 5) is 10.9. The van der Waals surface area contributed by atoms with Gasteiger partial charge in [-0.1, -0.05) is 36.4 Å². The Morgan fingerprint density at radius 3 is 2.44 bits per heavy atom. The number of nitrogens with one attached hydrogen (secondary N) is 1. The number of aromatic carboxylic acids is 1. The summed E-state index contributed by atoms with van der Waals surface area (Å²) in [6, 6.07) is 15.7. The zero-order valence-electron chi connectivity index (χ0n) is 14.6. The van der Waals surface area contributed by atoms with Crippen LogP contribution in [0.15, 0.2) is 48.5 Å². The molecule has 0 atom stereocenters. The maximum Gasteiger partial charge on any atom is 0.335 e. The molecule has 4 nitrogen and oxygen atoms in total. The smallest absolute Gasteiger partial charge is 0.335 e. The molecular weight excluding hydrogens is 314 g/mol. The fraction of sp³-hybridized carbons (Fsp3) is 0.381. The van der Waals surface area contributed by atoms with E-state index in [9.17, 15) is 4.79 Å². The highest BCUT2D eigenvalue weighted by atomic mass is 16.5. The molecule has 1 aliphatic rings.